The van der Waals surface area contributed by atoms with Crippen LogP contribution < -0.4 is 4.90 Å². The maximum atomic E-state index is 13.1. The highest BCUT2D eigenvalue weighted by atomic mass is 19.1. The van der Waals surface area contributed by atoms with Gasteiger partial charge in [0, 0.05) is 63.6 Å². The Morgan fingerprint density at radius 2 is 1.33 bits per heavy atom. The van der Waals surface area contributed by atoms with Crippen molar-refractivity contribution in [1.82, 2.24) is 14.7 Å². The van der Waals surface area contributed by atoms with Crippen LogP contribution in [-0.2, 0) is 4.79 Å². The van der Waals surface area contributed by atoms with Gasteiger partial charge < -0.3 is 14.7 Å². The van der Waals surface area contributed by atoms with Gasteiger partial charge in [-0.05, 0) is 36.4 Å². The van der Waals surface area contributed by atoms with Gasteiger partial charge >= 0.3 is 0 Å². The van der Waals surface area contributed by atoms with E-state index >= 15 is 0 Å². The number of nitrogens with zero attached hydrogens (tertiary/aromatic N) is 4. The monoisotopic (exact) mass is 410 g/mol. The molecule has 0 unspecified atom stereocenters. The van der Waals surface area contributed by atoms with E-state index in [9.17, 15) is 14.0 Å². The number of amides is 2. The Kier molecular flexibility index (Phi) is 6.28. The molecule has 2 aromatic carbocycles. The van der Waals surface area contributed by atoms with E-state index in [0.717, 1.165) is 18.8 Å². The Labute approximate surface area is 176 Å². The first-order valence-corrected chi connectivity index (χ1v) is 10.4. The molecule has 2 heterocycles. The average molecular weight is 410 g/mol. The fourth-order valence-corrected chi connectivity index (χ4v) is 4.03. The molecular weight excluding hydrogens is 383 g/mol. The third-order valence-corrected chi connectivity index (χ3v) is 5.86. The highest BCUT2D eigenvalue weighted by Gasteiger charge is 2.26. The second-order valence-electron chi connectivity index (χ2n) is 7.78. The molecule has 2 aliphatic rings. The first kappa shape index (κ1) is 20.3. The molecule has 0 saturated carbocycles. The molecule has 2 aromatic rings. The second-order valence-corrected chi connectivity index (χ2v) is 7.78. The Morgan fingerprint density at radius 3 is 1.97 bits per heavy atom. The standard InChI is InChI=1S/C23H27FN4O2/c24-20-6-8-21(9-7-20)26-14-16-27(17-15-26)22(29)18-25-10-12-28(13-11-25)23(30)19-4-2-1-3-5-19/h1-9H,10-18H2. The first-order valence-electron chi connectivity index (χ1n) is 10.4. The zero-order valence-corrected chi connectivity index (χ0v) is 17.0. The molecule has 30 heavy (non-hydrogen) atoms. The number of rotatable bonds is 4. The third-order valence-electron chi connectivity index (χ3n) is 5.86. The maximum absolute atomic E-state index is 13.1. The molecule has 0 spiro atoms. The van der Waals surface area contributed by atoms with Gasteiger partial charge in [-0.3, -0.25) is 14.5 Å². The molecule has 0 radical (unpaired) electrons. The van der Waals surface area contributed by atoms with Crippen LogP contribution in [0.3, 0.4) is 0 Å². The highest BCUT2D eigenvalue weighted by molar-refractivity contribution is 5.94. The summed E-state index contributed by atoms with van der Waals surface area (Å²) in [5.74, 6) is -0.0480. The lowest BCUT2D eigenvalue weighted by Crippen LogP contribution is -2.54. The largest absolute Gasteiger partial charge is 0.368 e. The summed E-state index contributed by atoms with van der Waals surface area (Å²) < 4.78 is 13.1. The summed E-state index contributed by atoms with van der Waals surface area (Å²) in [4.78, 5) is 33.3. The molecule has 0 atom stereocenters. The van der Waals surface area contributed by atoms with Crippen molar-refractivity contribution in [2.24, 2.45) is 0 Å². The molecule has 2 amide bonds. The molecule has 0 aliphatic carbocycles. The van der Waals surface area contributed by atoms with Crippen molar-refractivity contribution >= 4 is 17.5 Å². The van der Waals surface area contributed by atoms with Crippen molar-refractivity contribution in [3.05, 3.63) is 66.0 Å². The molecule has 0 aromatic heterocycles. The number of hydrogen-bond donors (Lipinski definition) is 0. The van der Waals surface area contributed by atoms with E-state index in [1.165, 1.54) is 12.1 Å². The van der Waals surface area contributed by atoms with Gasteiger partial charge in [0.05, 0.1) is 6.54 Å². The lowest BCUT2D eigenvalue weighted by Gasteiger charge is -2.38. The molecular formula is C23H27FN4O2. The lowest BCUT2D eigenvalue weighted by atomic mass is 10.2. The van der Waals surface area contributed by atoms with E-state index < -0.39 is 0 Å². The number of anilines is 1. The SMILES string of the molecule is O=C(CN1CCN(C(=O)c2ccccc2)CC1)N1CCN(c2ccc(F)cc2)CC1. The van der Waals surface area contributed by atoms with Crippen LogP contribution in [0.5, 0.6) is 0 Å². The van der Waals surface area contributed by atoms with Crippen LogP contribution in [-0.4, -0.2) is 85.4 Å². The minimum Gasteiger partial charge on any atom is -0.368 e. The number of hydrogen-bond acceptors (Lipinski definition) is 4. The fourth-order valence-electron chi connectivity index (χ4n) is 4.03. The number of piperazine rings is 2. The number of carbonyl (C=O) groups is 2. The molecule has 158 valence electrons. The van der Waals surface area contributed by atoms with Crippen molar-refractivity contribution < 1.29 is 14.0 Å². The van der Waals surface area contributed by atoms with Crippen LogP contribution in [0.2, 0.25) is 0 Å². The smallest absolute Gasteiger partial charge is 0.253 e. The van der Waals surface area contributed by atoms with Gasteiger partial charge in [-0.2, -0.15) is 0 Å². The lowest BCUT2D eigenvalue weighted by molar-refractivity contribution is -0.133. The van der Waals surface area contributed by atoms with Crippen molar-refractivity contribution in [3.63, 3.8) is 0 Å². The summed E-state index contributed by atoms with van der Waals surface area (Å²) in [6.07, 6.45) is 0. The predicted octanol–water partition coefficient (Wildman–Crippen LogP) is 1.93. The van der Waals surface area contributed by atoms with Gasteiger partial charge in [0.15, 0.2) is 0 Å². The van der Waals surface area contributed by atoms with Gasteiger partial charge in [0.1, 0.15) is 5.82 Å². The molecule has 6 nitrogen and oxygen atoms in total. The van der Waals surface area contributed by atoms with Gasteiger partial charge in [0.2, 0.25) is 5.91 Å². The average Bonchev–Trinajstić information content (AvgIpc) is 2.80. The van der Waals surface area contributed by atoms with E-state index in [0.29, 0.717) is 51.4 Å². The van der Waals surface area contributed by atoms with E-state index in [1.54, 1.807) is 12.1 Å². The molecule has 2 saturated heterocycles. The van der Waals surface area contributed by atoms with E-state index in [-0.39, 0.29) is 17.6 Å². The summed E-state index contributed by atoms with van der Waals surface area (Å²) >= 11 is 0. The zero-order valence-electron chi connectivity index (χ0n) is 17.0. The molecule has 2 aliphatic heterocycles. The van der Waals surface area contributed by atoms with Crippen molar-refractivity contribution in [3.8, 4) is 0 Å². The number of benzene rings is 2. The molecule has 0 bridgehead atoms. The zero-order chi connectivity index (χ0) is 20.9. The van der Waals surface area contributed by atoms with Gasteiger partial charge in [-0.1, -0.05) is 18.2 Å². The van der Waals surface area contributed by atoms with E-state index in [1.807, 2.05) is 40.1 Å². The normalized spacial score (nSPS) is 17.8. The maximum Gasteiger partial charge on any atom is 0.253 e. The van der Waals surface area contributed by atoms with Crippen LogP contribution in [0, 0.1) is 5.82 Å². The summed E-state index contributed by atoms with van der Waals surface area (Å²) in [6.45, 7) is 5.92. The third kappa shape index (κ3) is 4.79. The fraction of sp³-hybridized carbons (Fsp3) is 0.391. The molecule has 7 heteroatoms. The highest BCUT2D eigenvalue weighted by Crippen LogP contribution is 2.17. The Hall–Kier alpha value is -2.93. The number of carbonyl (C=O) groups excluding carboxylic acids is 2. The molecule has 4 rings (SSSR count). The summed E-state index contributed by atoms with van der Waals surface area (Å²) in [6, 6.07) is 15.8. The van der Waals surface area contributed by atoms with Crippen LogP contribution >= 0.6 is 0 Å². The Balaban J connectivity index is 1.22. The molecule has 2 fully saturated rings. The Morgan fingerprint density at radius 1 is 0.733 bits per heavy atom. The van der Waals surface area contributed by atoms with Crippen LogP contribution in [0.4, 0.5) is 10.1 Å². The summed E-state index contributed by atoms with van der Waals surface area (Å²) in [5, 5.41) is 0. The van der Waals surface area contributed by atoms with Crippen LogP contribution in [0.1, 0.15) is 10.4 Å². The van der Waals surface area contributed by atoms with Crippen molar-refractivity contribution in [1.29, 1.82) is 0 Å². The predicted molar refractivity (Wildman–Crippen MR) is 114 cm³/mol. The van der Waals surface area contributed by atoms with Gasteiger partial charge in [0.25, 0.3) is 5.91 Å². The second kappa shape index (κ2) is 9.26. The van der Waals surface area contributed by atoms with E-state index in [2.05, 4.69) is 9.80 Å². The summed E-state index contributed by atoms with van der Waals surface area (Å²) in [7, 11) is 0. The topological polar surface area (TPSA) is 47.1 Å². The van der Waals surface area contributed by atoms with Crippen molar-refractivity contribution in [2.75, 3.05) is 63.8 Å². The van der Waals surface area contributed by atoms with E-state index in [4.69, 9.17) is 0 Å². The molecule has 0 N–H and O–H groups in total. The quantitative estimate of drug-likeness (QED) is 0.773. The van der Waals surface area contributed by atoms with Gasteiger partial charge in [-0.15, -0.1) is 0 Å². The van der Waals surface area contributed by atoms with Crippen LogP contribution in [0.15, 0.2) is 54.6 Å². The minimum atomic E-state index is -0.238. The first-order chi connectivity index (χ1) is 14.6. The number of halogens is 1. The summed E-state index contributed by atoms with van der Waals surface area (Å²) in [5.41, 5.74) is 1.70. The van der Waals surface area contributed by atoms with Crippen LogP contribution in [0.25, 0.3) is 0 Å². The minimum absolute atomic E-state index is 0.0542. The Bertz CT molecular complexity index is 859. The van der Waals surface area contributed by atoms with Gasteiger partial charge in [-0.25, -0.2) is 4.39 Å². The van der Waals surface area contributed by atoms with Crippen molar-refractivity contribution in [2.45, 2.75) is 0 Å².